The third-order valence-corrected chi connectivity index (χ3v) is 14.1. The van der Waals surface area contributed by atoms with Gasteiger partial charge >= 0.3 is 0 Å². The quantitative estimate of drug-likeness (QED) is 0.153. The summed E-state index contributed by atoms with van der Waals surface area (Å²) in [5, 5.41) is 6.02. The number of hydrogen-bond donors (Lipinski definition) is 0. The lowest BCUT2D eigenvalue weighted by Gasteiger charge is -2.26. The average molecular weight is 873 g/mol. The predicted octanol–water partition coefficient (Wildman–Crippen LogP) is 17.2. The van der Waals surface area contributed by atoms with E-state index in [4.69, 9.17) is 9.97 Å². The minimum absolute atomic E-state index is 0.712. The molecule has 10 aromatic carbocycles. The number of para-hydroxylation sites is 2. The monoisotopic (exact) mass is 872 g/mol. The second-order valence-corrected chi connectivity index (χ2v) is 18.1. The summed E-state index contributed by atoms with van der Waals surface area (Å²) in [5.41, 5.74) is 15.3. The number of benzene rings is 10. The molecule has 0 saturated carbocycles. The maximum absolute atomic E-state index is 5.17. The molecule has 0 unspecified atom stereocenters. The highest BCUT2D eigenvalue weighted by atomic mass is 32.1. The fourth-order valence-electron chi connectivity index (χ4n) is 9.77. The Balaban J connectivity index is 0.889. The van der Waals surface area contributed by atoms with Gasteiger partial charge in [-0.1, -0.05) is 152 Å². The maximum Gasteiger partial charge on any atom is 0.160 e. The lowest BCUT2D eigenvalue weighted by molar-refractivity contribution is 1.17. The number of rotatable bonds is 8. The Morgan fingerprint density at radius 1 is 0.328 bits per heavy atom. The number of nitrogens with zero attached hydrogens (tertiary/aromatic N) is 4. The van der Waals surface area contributed by atoms with E-state index in [2.05, 4.69) is 240 Å². The molecular weight excluding hydrogens is 833 g/mol. The lowest BCUT2D eigenvalue weighted by Crippen LogP contribution is -2.10. The zero-order valence-corrected chi connectivity index (χ0v) is 37.1. The zero-order valence-electron chi connectivity index (χ0n) is 36.3. The molecule has 3 aromatic heterocycles. The second-order valence-electron chi connectivity index (χ2n) is 17.0. The molecule has 0 aliphatic carbocycles. The van der Waals surface area contributed by atoms with Crippen molar-refractivity contribution in [2.24, 2.45) is 0 Å². The summed E-state index contributed by atoms with van der Waals surface area (Å²) in [4.78, 5) is 12.6. The van der Waals surface area contributed by atoms with E-state index < -0.39 is 0 Å². The van der Waals surface area contributed by atoms with E-state index in [1.807, 2.05) is 23.5 Å². The summed E-state index contributed by atoms with van der Waals surface area (Å²) in [6.45, 7) is 0. The molecular formula is C62H40N4S. The molecule has 0 amide bonds. The standard InChI is InChI=1S/C62H40N4S/c1-3-14-41(15-4-1)42-26-29-47(30-27-42)65(50-35-37-60-55(40-50)52-21-9-12-25-59(52)67-60)48-31-33-49(34-32-48)66-57-24-11-8-20-51(57)54-39-45(28-36-58(54)66)44-18-13-19-46(38-44)62-63-56-23-10-7-22-53(56)61(64-62)43-16-5-2-6-17-43/h1-40H. The summed E-state index contributed by atoms with van der Waals surface area (Å²) in [5.74, 6) is 0.712. The molecule has 0 atom stereocenters. The van der Waals surface area contributed by atoms with E-state index in [9.17, 15) is 0 Å². The van der Waals surface area contributed by atoms with Crippen molar-refractivity contribution < 1.29 is 0 Å². The Kier molecular flexibility index (Phi) is 9.32. The molecule has 4 nitrogen and oxygen atoms in total. The molecule has 0 radical (unpaired) electrons. The van der Waals surface area contributed by atoms with Gasteiger partial charge < -0.3 is 9.47 Å². The minimum Gasteiger partial charge on any atom is -0.310 e. The van der Waals surface area contributed by atoms with E-state index in [1.165, 1.54) is 42.1 Å². The van der Waals surface area contributed by atoms with Crippen LogP contribution in [-0.4, -0.2) is 14.5 Å². The van der Waals surface area contributed by atoms with Crippen LogP contribution in [0.3, 0.4) is 0 Å². The molecule has 13 rings (SSSR count). The van der Waals surface area contributed by atoms with Crippen molar-refractivity contribution in [2.45, 2.75) is 0 Å². The second kappa shape index (κ2) is 16.1. The van der Waals surface area contributed by atoms with Crippen LogP contribution >= 0.6 is 11.3 Å². The Hall–Kier alpha value is -8.64. The molecule has 0 aliphatic heterocycles. The molecule has 13 aromatic rings. The molecule has 0 aliphatic rings. The molecule has 5 heteroatoms. The van der Waals surface area contributed by atoms with Gasteiger partial charge in [0, 0.05) is 70.2 Å². The van der Waals surface area contributed by atoms with Gasteiger partial charge in [-0.3, -0.25) is 0 Å². The summed E-state index contributed by atoms with van der Waals surface area (Å²) in [6, 6.07) is 87.0. The van der Waals surface area contributed by atoms with Crippen LogP contribution in [0.2, 0.25) is 0 Å². The molecule has 67 heavy (non-hydrogen) atoms. The van der Waals surface area contributed by atoms with Gasteiger partial charge in [0.15, 0.2) is 5.82 Å². The van der Waals surface area contributed by atoms with Crippen molar-refractivity contribution in [3.8, 4) is 50.6 Å². The highest BCUT2D eigenvalue weighted by Gasteiger charge is 2.19. The van der Waals surface area contributed by atoms with E-state index in [-0.39, 0.29) is 0 Å². The third-order valence-electron chi connectivity index (χ3n) is 13.0. The third kappa shape index (κ3) is 6.84. The summed E-state index contributed by atoms with van der Waals surface area (Å²) < 4.78 is 4.99. The van der Waals surface area contributed by atoms with Crippen molar-refractivity contribution >= 4 is 81.3 Å². The smallest absolute Gasteiger partial charge is 0.160 e. The van der Waals surface area contributed by atoms with E-state index in [0.717, 1.165) is 72.6 Å². The van der Waals surface area contributed by atoms with Crippen molar-refractivity contribution in [2.75, 3.05) is 4.90 Å². The molecule has 0 spiro atoms. The summed E-state index contributed by atoms with van der Waals surface area (Å²) in [7, 11) is 0. The van der Waals surface area contributed by atoms with Gasteiger partial charge in [0.05, 0.1) is 22.2 Å². The number of hydrogen-bond acceptors (Lipinski definition) is 4. The molecule has 0 bridgehead atoms. The average Bonchev–Trinajstić information content (AvgIpc) is 3.94. The van der Waals surface area contributed by atoms with Gasteiger partial charge in [0.2, 0.25) is 0 Å². The zero-order chi connectivity index (χ0) is 44.3. The first kappa shape index (κ1) is 38.8. The van der Waals surface area contributed by atoms with E-state index >= 15 is 0 Å². The first-order chi connectivity index (χ1) is 33.2. The first-order valence-electron chi connectivity index (χ1n) is 22.6. The Bertz CT molecular complexity index is 3970. The van der Waals surface area contributed by atoms with Gasteiger partial charge in [0.1, 0.15) is 0 Å². The summed E-state index contributed by atoms with van der Waals surface area (Å²) in [6.07, 6.45) is 0. The molecule has 0 fully saturated rings. The highest BCUT2D eigenvalue weighted by molar-refractivity contribution is 7.25. The fourth-order valence-corrected chi connectivity index (χ4v) is 10.9. The van der Waals surface area contributed by atoms with Crippen LogP contribution in [-0.2, 0) is 0 Å². The fraction of sp³-hybridized carbons (Fsp3) is 0. The van der Waals surface area contributed by atoms with Crippen molar-refractivity contribution in [3.05, 3.63) is 243 Å². The van der Waals surface area contributed by atoms with Crippen molar-refractivity contribution in [3.63, 3.8) is 0 Å². The van der Waals surface area contributed by atoms with Crippen molar-refractivity contribution in [1.29, 1.82) is 0 Å². The van der Waals surface area contributed by atoms with E-state index in [1.54, 1.807) is 0 Å². The first-order valence-corrected chi connectivity index (χ1v) is 23.5. The Labute approximate surface area is 391 Å². The van der Waals surface area contributed by atoms with Crippen LogP contribution < -0.4 is 4.90 Å². The van der Waals surface area contributed by atoms with Crippen LogP contribution in [0.25, 0.3) is 103 Å². The van der Waals surface area contributed by atoms with E-state index in [0.29, 0.717) is 5.82 Å². The Morgan fingerprint density at radius 3 is 1.70 bits per heavy atom. The van der Waals surface area contributed by atoms with Gasteiger partial charge in [-0.15, -0.1) is 11.3 Å². The highest BCUT2D eigenvalue weighted by Crippen LogP contribution is 2.42. The van der Waals surface area contributed by atoms with Crippen LogP contribution in [0.15, 0.2) is 243 Å². The van der Waals surface area contributed by atoms with Crippen LogP contribution in [0, 0.1) is 0 Å². The normalized spacial score (nSPS) is 11.6. The lowest BCUT2D eigenvalue weighted by atomic mass is 10.00. The number of thiophene rings is 1. The summed E-state index contributed by atoms with van der Waals surface area (Å²) >= 11 is 1.85. The van der Waals surface area contributed by atoms with Gasteiger partial charge in [-0.25, -0.2) is 9.97 Å². The number of anilines is 3. The number of fused-ring (bicyclic) bond motifs is 7. The van der Waals surface area contributed by atoms with Gasteiger partial charge in [-0.05, 0) is 113 Å². The molecule has 3 heterocycles. The molecule has 314 valence electrons. The van der Waals surface area contributed by atoms with Crippen molar-refractivity contribution in [1.82, 2.24) is 14.5 Å². The minimum atomic E-state index is 0.712. The van der Waals surface area contributed by atoms with Crippen LogP contribution in [0.1, 0.15) is 0 Å². The van der Waals surface area contributed by atoms with Gasteiger partial charge in [-0.2, -0.15) is 0 Å². The van der Waals surface area contributed by atoms with Crippen LogP contribution in [0.4, 0.5) is 17.1 Å². The maximum atomic E-state index is 5.17. The van der Waals surface area contributed by atoms with Crippen LogP contribution in [0.5, 0.6) is 0 Å². The molecule has 0 saturated heterocycles. The van der Waals surface area contributed by atoms with Gasteiger partial charge in [0.25, 0.3) is 0 Å². The predicted molar refractivity (Wildman–Crippen MR) is 283 cm³/mol. The largest absolute Gasteiger partial charge is 0.310 e. The molecule has 0 N–H and O–H groups in total. The SMILES string of the molecule is c1ccc(-c2ccc(N(c3ccc(-n4c5ccccc5c5cc(-c6cccc(-c7nc(-c8ccccc8)c8ccccc8n7)c6)ccc54)cc3)c3ccc4sc5ccccc5c4c3)cc2)cc1. The Morgan fingerprint density at radius 2 is 0.896 bits per heavy atom. The topological polar surface area (TPSA) is 34.0 Å². The number of aromatic nitrogens is 3.